The van der Waals surface area contributed by atoms with Crippen LogP contribution in [0.1, 0.15) is 35.4 Å². The van der Waals surface area contributed by atoms with Crippen LogP contribution in [0.3, 0.4) is 0 Å². The number of hydrogen-bond acceptors (Lipinski definition) is 4. The van der Waals surface area contributed by atoms with Gasteiger partial charge in [-0.15, -0.1) is 0 Å². The molecule has 2 N–H and O–H groups in total. The molecule has 0 radical (unpaired) electrons. The topological polar surface area (TPSA) is 76.7 Å². The fourth-order valence-electron chi connectivity index (χ4n) is 2.61. The van der Waals surface area contributed by atoms with Crippen molar-refractivity contribution >= 4 is 29.3 Å². The zero-order valence-electron chi connectivity index (χ0n) is 15.6. The van der Waals surface area contributed by atoms with E-state index < -0.39 is 17.8 Å². The molecule has 0 heterocycles. The Morgan fingerprint density at radius 2 is 1.89 bits per heavy atom. The molecule has 0 aliphatic heterocycles. The fraction of sp³-hybridized carbons (Fsp3) is 0.300. The first-order chi connectivity index (χ1) is 13.4. The SMILES string of the molecule is CCOC(=O)Nc1cc(F)ccc1C(=O)NCCC(OC)c1ccc(Cl)cc1. The second-order valence-electron chi connectivity index (χ2n) is 5.86. The summed E-state index contributed by atoms with van der Waals surface area (Å²) in [6.45, 7) is 2.12. The van der Waals surface area contributed by atoms with E-state index >= 15 is 0 Å². The van der Waals surface area contributed by atoms with Gasteiger partial charge in [-0.05, 0) is 49.2 Å². The number of nitrogens with one attached hydrogen (secondary N) is 2. The van der Waals surface area contributed by atoms with Gasteiger partial charge in [0.25, 0.3) is 5.91 Å². The number of anilines is 1. The van der Waals surface area contributed by atoms with E-state index in [1.165, 1.54) is 6.07 Å². The number of rotatable bonds is 8. The highest BCUT2D eigenvalue weighted by molar-refractivity contribution is 6.30. The van der Waals surface area contributed by atoms with Crippen molar-refractivity contribution in [1.82, 2.24) is 5.32 Å². The van der Waals surface area contributed by atoms with Crippen LogP contribution in [0.25, 0.3) is 0 Å². The Hall–Kier alpha value is -2.64. The molecule has 6 nitrogen and oxygen atoms in total. The normalized spacial score (nSPS) is 11.6. The molecule has 0 aliphatic rings. The van der Waals surface area contributed by atoms with Crippen molar-refractivity contribution < 1.29 is 23.5 Å². The van der Waals surface area contributed by atoms with Gasteiger partial charge in [0.1, 0.15) is 5.82 Å². The first-order valence-electron chi connectivity index (χ1n) is 8.74. The summed E-state index contributed by atoms with van der Waals surface area (Å²) in [4.78, 5) is 24.1. The second kappa shape index (κ2) is 10.6. The zero-order chi connectivity index (χ0) is 20.5. The van der Waals surface area contributed by atoms with Crippen LogP contribution in [0.4, 0.5) is 14.9 Å². The third-order valence-corrected chi connectivity index (χ3v) is 4.21. The number of hydrogen-bond donors (Lipinski definition) is 2. The lowest BCUT2D eigenvalue weighted by atomic mass is 10.1. The number of methoxy groups -OCH3 is 1. The lowest BCUT2D eigenvalue weighted by molar-refractivity contribution is 0.0873. The van der Waals surface area contributed by atoms with Gasteiger partial charge in [-0.25, -0.2) is 9.18 Å². The van der Waals surface area contributed by atoms with Gasteiger partial charge >= 0.3 is 6.09 Å². The molecule has 28 heavy (non-hydrogen) atoms. The van der Waals surface area contributed by atoms with Crippen LogP contribution in [0.15, 0.2) is 42.5 Å². The molecule has 0 saturated heterocycles. The molecule has 2 aromatic rings. The molecule has 0 aliphatic carbocycles. The molecule has 0 saturated carbocycles. The van der Waals surface area contributed by atoms with E-state index in [2.05, 4.69) is 10.6 Å². The molecule has 0 aromatic heterocycles. The summed E-state index contributed by atoms with van der Waals surface area (Å²) in [5.41, 5.74) is 1.11. The Bertz CT molecular complexity index is 814. The van der Waals surface area contributed by atoms with E-state index in [0.29, 0.717) is 18.0 Å². The predicted molar refractivity (Wildman–Crippen MR) is 105 cm³/mol. The number of amides is 2. The summed E-state index contributed by atoms with van der Waals surface area (Å²) >= 11 is 5.89. The molecule has 2 amide bonds. The Labute approximate surface area is 168 Å². The van der Waals surface area contributed by atoms with Crippen LogP contribution in [0.2, 0.25) is 5.02 Å². The predicted octanol–water partition coefficient (Wildman–Crippen LogP) is 4.56. The maximum absolute atomic E-state index is 13.5. The molecular weight excluding hydrogens is 387 g/mol. The van der Waals surface area contributed by atoms with Gasteiger partial charge in [0.05, 0.1) is 24.0 Å². The lowest BCUT2D eigenvalue weighted by Gasteiger charge is -2.17. The van der Waals surface area contributed by atoms with Crippen molar-refractivity contribution in [2.24, 2.45) is 0 Å². The third-order valence-electron chi connectivity index (χ3n) is 3.96. The van der Waals surface area contributed by atoms with Crippen molar-refractivity contribution in [2.45, 2.75) is 19.4 Å². The largest absolute Gasteiger partial charge is 0.450 e. The maximum atomic E-state index is 13.5. The van der Waals surface area contributed by atoms with Crippen LogP contribution < -0.4 is 10.6 Å². The standard InChI is InChI=1S/C20H22ClFN2O4/c1-3-28-20(26)24-17-12-15(22)8-9-16(17)19(25)23-11-10-18(27-2)13-4-6-14(21)7-5-13/h4-9,12,18H,3,10-11H2,1-2H3,(H,23,25)(H,24,26). The highest BCUT2D eigenvalue weighted by Crippen LogP contribution is 2.22. The lowest BCUT2D eigenvalue weighted by Crippen LogP contribution is -2.27. The average Bonchev–Trinajstić information content (AvgIpc) is 2.66. The second-order valence-corrected chi connectivity index (χ2v) is 6.29. The van der Waals surface area contributed by atoms with Gasteiger partial charge in [0.2, 0.25) is 0 Å². The monoisotopic (exact) mass is 408 g/mol. The van der Waals surface area contributed by atoms with Crippen LogP contribution in [-0.2, 0) is 9.47 Å². The Morgan fingerprint density at radius 3 is 2.54 bits per heavy atom. The number of halogens is 2. The van der Waals surface area contributed by atoms with Crippen LogP contribution in [-0.4, -0.2) is 32.3 Å². The Kier molecular flexibility index (Phi) is 8.22. The van der Waals surface area contributed by atoms with E-state index in [0.717, 1.165) is 17.7 Å². The molecular formula is C20H22ClFN2O4. The number of carbonyl (C=O) groups is 2. The number of ether oxygens (including phenoxy) is 2. The maximum Gasteiger partial charge on any atom is 0.411 e. The summed E-state index contributed by atoms with van der Waals surface area (Å²) in [6.07, 6.45) is -0.460. The highest BCUT2D eigenvalue weighted by Gasteiger charge is 2.16. The van der Waals surface area contributed by atoms with Gasteiger partial charge in [-0.1, -0.05) is 23.7 Å². The van der Waals surface area contributed by atoms with E-state index in [9.17, 15) is 14.0 Å². The molecule has 1 atom stereocenters. The molecule has 8 heteroatoms. The van der Waals surface area contributed by atoms with E-state index in [-0.39, 0.29) is 24.0 Å². The van der Waals surface area contributed by atoms with Crippen molar-refractivity contribution in [3.63, 3.8) is 0 Å². The van der Waals surface area contributed by atoms with Crippen LogP contribution in [0.5, 0.6) is 0 Å². The van der Waals surface area contributed by atoms with E-state index in [1.54, 1.807) is 26.2 Å². The average molecular weight is 409 g/mol. The molecule has 150 valence electrons. The number of carbonyl (C=O) groups excluding carboxylic acids is 2. The summed E-state index contributed by atoms with van der Waals surface area (Å²) < 4.78 is 23.8. The van der Waals surface area contributed by atoms with Gasteiger partial charge in [0.15, 0.2) is 0 Å². The van der Waals surface area contributed by atoms with Crippen LogP contribution >= 0.6 is 11.6 Å². The molecule has 2 aromatic carbocycles. The van der Waals surface area contributed by atoms with Crippen molar-refractivity contribution in [3.8, 4) is 0 Å². The van der Waals surface area contributed by atoms with Gasteiger partial charge in [-0.2, -0.15) is 0 Å². The molecule has 0 bridgehead atoms. The van der Waals surface area contributed by atoms with Gasteiger partial charge in [0, 0.05) is 18.7 Å². The minimum absolute atomic E-state index is 0.0388. The van der Waals surface area contributed by atoms with Crippen molar-refractivity contribution in [3.05, 3.63) is 64.4 Å². The first kappa shape index (κ1) is 21.7. The van der Waals surface area contributed by atoms with Crippen LogP contribution in [0, 0.1) is 5.82 Å². The molecule has 2 rings (SSSR count). The minimum atomic E-state index is -0.760. The highest BCUT2D eigenvalue weighted by atomic mass is 35.5. The molecule has 0 spiro atoms. The summed E-state index contributed by atoms with van der Waals surface area (Å²) in [5.74, 6) is -1.02. The molecule has 0 fully saturated rings. The van der Waals surface area contributed by atoms with Crippen molar-refractivity contribution in [1.29, 1.82) is 0 Å². The summed E-state index contributed by atoms with van der Waals surface area (Å²) in [5, 5.41) is 5.76. The first-order valence-corrected chi connectivity index (χ1v) is 9.12. The minimum Gasteiger partial charge on any atom is -0.450 e. The van der Waals surface area contributed by atoms with E-state index in [4.69, 9.17) is 21.1 Å². The number of benzene rings is 2. The molecule has 1 unspecified atom stereocenters. The summed E-state index contributed by atoms with van der Waals surface area (Å²) in [7, 11) is 1.59. The Morgan fingerprint density at radius 1 is 1.18 bits per heavy atom. The zero-order valence-corrected chi connectivity index (χ0v) is 16.4. The van der Waals surface area contributed by atoms with Gasteiger partial charge < -0.3 is 14.8 Å². The van der Waals surface area contributed by atoms with E-state index in [1.807, 2.05) is 12.1 Å². The summed E-state index contributed by atoms with van der Waals surface area (Å²) in [6, 6.07) is 10.8. The smallest absolute Gasteiger partial charge is 0.411 e. The van der Waals surface area contributed by atoms with Crippen molar-refractivity contribution in [2.75, 3.05) is 25.6 Å². The fourth-order valence-corrected chi connectivity index (χ4v) is 2.73. The van der Waals surface area contributed by atoms with Gasteiger partial charge in [-0.3, -0.25) is 10.1 Å². The quantitative estimate of drug-likeness (QED) is 0.671. The Balaban J connectivity index is 2.00. The third kappa shape index (κ3) is 6.21.